The van der Waals surface area contributed by atoms with Crippen molar-refractivity contribution in [1.82, 2.24) is 5.32 Å². The number of anilines is 3. The van der Waals surface area contributed by atoms with Gasteiger partial charge in [-0.3, -0.25) is 9.59 Å². The molecule has 2 heterocycles. The van der Waals surface area contributed by atoms with E-state index in [1.54, 1.807) is 27.1 Å². The van der Waals surface area contributed by atoms with Crippen LogP contribution < -0.4 is 30.3 Å². The lowest BCUT2D eigenvalue weighted by atomic mass is 10.1. The first-order valence-electron chi connectivity index (χ1n) is 12.6. The van der Waals surface area contributed by atoms with Gasteiger partial charge in [0.2, 0.25) is 5.91 Å². The van der Waals surface area contributed by atoms with E-state index in [2.05, 4.69) is 37.9 Å². The lowest BCUT2D eigenvalue weighted by Gasteiger charge is -2.22. The summed E-state index contributed by atoms with van der Waals surface area (Å²) in [6, 6.07) is 17.2. The number of amides is 2. The number of nitrogens with zero attached hydrogens (tertiary/aromatic N) is 1. The molecule has 2 atom stereocenters. The molecule has 0 aromatic heterocycles. The number of rotatable bonds is 8. The summed E-state index contributed by atoms with van der Waals surface area (Å²) in [4.78, 5) is 27.9. The zero-order valence-electron chi connectivity index (χ0n) is 21.6. The number of halogens is 1. The Hall–Kier alpha value is -3.56. The number of para-hydroxylation sites is 1. The van der Waals surface area contributed by atoms with Crippen molar-refractivity contribution < 1.29 is 19.1 Å². The number of fused-ring (bicyclic) bond motifs is 4. The Balaban J connectivity index is 1.39. The average molecular weight is 579 g/mol. The summed E-state index contributed by atoms with van der Waals surface area (Å²) >= 11 is 3.51. The minimum Gasteiger partial charge on any atom is -0.493 e. The fourth-order valence-electron chi connectivity index (χ4n) is 4.95. The molecule has 198 valence electrons. The third-order valence-electron chi connectivity index (χ3n) is 7.05. The zero-order chi connectivity index (χ0) is 26.8. The van der Waals surface area contributed by atoms with Gasteiger partial charge in [-0.05, 0) is 61.3 Å². The molecule has 2 amide bonds. The van der Waals surface area contributed by atoms with Crippen LogP contribution in [0.15, 0.2) is 54.6 Å². The normalized spacial score (nSPS) is 16.5. The molecule has 2 aliphatic rings. The second-order valence-electron chi connectivity index (χ2n) is 9.55. The predicted octanol–water partition coefficient (Wildman–Crippen LogP) is 4.71. The Morgan fingerprint density at radius 3 is 2.71 bits per heavy atom. The quantitative estimate of drug-likeness (QED) is 0.335. The predicted molar refractivity (Wildman–Crippen MR) is 153 cm³/mol. The van der Waals surface area contributed by atoms with Crippen molar-refractivity contribution in [2.45, 2.75) is 37.4 Å². The van der Waals surface area contributed by atoms with Crippen molar-refractivity contribution in [2.75, 3.05) is 36.2 Å². The highest BCUT2D eigenvalue weighted by Crippen LogP contribution is 2.40. The molecular weight excluding hydrogens is 548 g/mol. The maximum Gasteiger partial charge on any atom is 0.260 e. The summed E-state index contributed by atoms with van der Waals surface area (Å²) in [5, 5.41) is 10.00. The van der Waals surface area contributed by atoms with Gasteiger partial charge in [0.15, 0.2) is 11.5 Å². The van der Waals surface area contributed by atoms with Crippen molar-refractivity contribution in [2.24, 2.45) is 0 Å². The van der Waals surface area contributed by atoms with Crippen molar-refractivity contribution >= 4 is 44.8 Å². The Kier molecular flexibility index (Phi) is 7.58. The summed E-state index contributed by atoms with van der Waals surface area (Å²) in [7, 11) is 3.32. The molecule has 3 aromatic carbocycles. The van der Waals surface area contributed by atoms with E-state index in [-0.39, 0.29) is 30.5 Å². The van der Waals surface area contributed by atoms with Gasteiger partial charge in [-0.2, -0.15) is 0 Å². The van der Waals surface area contributed by atoms with Crippen molar-refractivity contribution in [3.05, 3.63) is 76.9 Å². The van der Waals surface area contributed by atoms with E-state index in [1.165, 1.54) is 5.56 Å². The third kappa shape index (κ3) is 5.08. The number of hydrogen-bond acceptors (Lipinski definition) is 6. The summed E-state index contributed by atoms with van der Waals surface area (Å²) in [5.41, 5.74) is 6.04. The maximum absolute atomic E-state index is 13.7. The van der Waals surface area contributed by atoms with Gasteiger partial charge in [0, 0.05) is 29.3 Å². The van der Waals surface area contributed by atoms with Crippen molar-refractivity contribution in [3.63, 3.8) is 0 Å². The van der Waals surface area contributed by atoms with Gasteiger partial charge in [0.25, 0.3) is 5.91 Å². The Morgan fingerprint density at radius 1 is 1.16 bits per heavy atom. The molecule has 38 heavy (non-hydrogen) atoms. The molecule has 0 aliphatic carbocycles. The van der Waals surface area contributed by atoms with Gasteiger partial charge >= 0.3 is 0 Å². The monoisotopic (exact) mass is 578 g/mol. The molecule has 0 saturated carbocycles. The zero-order valence-corrected chi connectivity index (χ0v) is 23.2. The number of carbonyl (C=O) groups is 2. The van der Waals surface area contributed by atoms with Crippen LogP contribution >= 0.6 is 15.9 Å². The number of alkyl halides is 1. The highest BCUT2D eigenvalue weighted by molar-refractivity contribution is 9.08. The van der Waals surface area contributed by atoms with Crippen LogP contribution in [0.1, 0.15) is 34.0 Å². The molecule has 5 rings (SSSR count). The number of likely N-dealkylation sites (N-methyl/N-ethyl adjacent to an activating group) is 1. The van der Waals surface area contributed by atoms with Gasteiger partial charge in [-0.1, -0.05) is 40.2 Å². The summed E-state index contributed by atoms with van der Waals surface area (Å²) < 4.78 is 11.8. The standard InChI is InChI=1S/C29H31BrN4O4/c1-17(31-2)28(35)33-21-9-18(14-30)8-19(10-21)16-38-27-13-24-23(12-26(27)37-3)29(36)34-22(15-32-24)11-20-6-4-5-7-25(20)34/h4-10,12-13,17,22,31-32H,11,14-16H2,1-3H3,(H,33,35)/t17-,22-/m0/s1. The smallest absolute Gasteiger partial charge is 0.260 e. The lowest BCUT2D eigenvalue weighted by molar-refractivity contribution is -0.117. The van der Waals surface area contributed by atoms with Crippen LogP contribution in [0.2, 0.25) is 0 Å². The van der Waals surface area contributed by atoms with E-state index >= 15 is 0 Å². The van der Waals surface area contributed by atoms with E-state index in [0.29, 0.717) is 34.6 Å². The first-order chi connectivity index (χ1) is 18.4. The van der Waals surface area contributed by atoms with Gasteiger partial charge < -0.3 is 30.3 Å². The van der Waals surface area contributed by atoms with Crippen LogP contribution in [0, 0.1) is 0 Å². The van der Waals surface area contributed by atoms with Crippen LogP contribution in [-0.4, -0.2) is 44.6 Å². The molecule has 0 saturated heterocycles. The molecular formula is C29H31BrN4O4. The van der Waals surface area contributed by atoms with Crippen LogP contribution in [0.4, 0.5) is 17.1 Å². The molecule has 0 bridgehead atoms. The number of carbonyl (C=O) groups excluding carboxylic acids is 2. The minimum absolute atomic E-state index is 0.0499. The second kappa shape index (κ2) is 11.0. The van der Waals surface area contributed by atoms with E-state index in [0.717, 1.165) is 28.9 Å². The van der Waals surface area contributed by atoms with E-state index in [9.17, 15) is 9.59 Å². The molecule has 0 radical (unpaired) electrons. The highest BCUT2D eigenvalue weighted by Gasteiger charge is 2.37. The summed E-state index contributed by atoms with van der Waals surface area (Å²) in [5.74, 6) is 0.855. The molecule has 0 fully saturated rings. The molecule has 3 N–H and O–H groups in total. The van der Waals surface area contributed by atoms with Gasteiger partial charge in [0.05, 0.1) is 30.4 Å². The fraction of sp³-hybridized carbons (Fsp3) is 0.310. The largest absolute Gasteiger partial charge is 0.493 e. The summed E-state index contributed by atoms with van der Waals surface area (Å²) in [6.45, 7) is 2.71. The van der Waals surface area contributed by atoms with Gasteiger partial charge in [-0.15, -0.1) is 0 Å². The lowest BCUT2D eigenvalue weighted by Crippen LogP contribution is -2.39. The van der Waals surface area contributed by atoms with Crippen LogP contribution in [0.5, 0.6) is 11.5 Å². The van der Waals surface area contributed by atoms with Crippen molar-refractivity contribution in [3.8, 4) is 11.5 Å². The molecule has 0 spiro atoms. The molecule has 0 unspecified atom stereocenters. The third-order valence-corrected chi connectivity index (χ3v) is 7.70. The Morgan fingerprint density at radius 2 is 1.95 bits per heavy atom. The molecule has 8 nitrogen and oxygen atoms in total. The Labute approximate surface area is 230 Å². The number of ether oxygens (including phenoxy) is 2. The first kappa shape index (κ1) is 26.1. The number of methoxy groups -OCH3 is 1. The first-order valence-corrected chi connectivity index (χ1v) is 13.7. The van der Waals surface area contributed by atoms with Gasteiger partial charge in [0.1, 0.15) is 6.61 Å². The maximum atomic E-state index is 13.7. The molecule has 3 aromatic rings. The summed E-state index contributed by atoms with van der Waals surface area (Å²) in [6.07, 6.45) is 0.819. The van der Waals surface area contributed by atoms with Crippen LogP contribution in [0.25, 0.3) is 0 Å². The van der Waals surface area contributed by atoms with Gasteiger partial charge in [-0.25, -0.2) is 0 Å². The minimum atomic E-state index is -0.314. The average Bonchev–Trinajstić information content (AvgIpc) is 3.25. The number of nitrogens with one attached hydrogen (secondary N) is 3. The fourth-order valence-corrected chi connectivity index (χ4v) is 5.27. The highest BCUT2D eigenvalue weighted by atomic mass is 79.9. The van der Waals surface area contributed by atoms with Crippen LogP contribution in [0.3, 0.4) is 0 Å². The Bertz CT molecular complexity index is 1380. The van der Waals surface area contributed by atoms with E-state index in [4.69, 9.17) is 9.47 Å². The topological polar surface area (TPSA) is 91.9 Å². The second-order valence-corrected chi connectivity index (χ2v) is 10.1. The number of benzene rings is 3. The SMILES string of the molecule is CN[C@@H](C)C(=O)Nc1cc(CBr)cc(COc2cc3c(cc2OC)C(=O)N2c4ccccc4C[C@H]2CN3)c1. The molecule has 9 heteroatoms. The van der Waals surface area contributed by atoms with E-state index < -0.39 is 0 Å². The molecule has 2 aliphatic heterocycles. The van der Waals surface area contributed by atoms with Crippen molar-refractivity contribution in [1.29, 1.82) is 0 Å². The van der Waals surface area contributed by atoms with E-state index in [1.807, 2.05) is 47.4 Å². The van der Waals surface area contributed by atoms with Crippen LogP contribution in [-0.2, 0) is 23.2 Å². The number of hydrogen-bond donors (Lipinski definition) is 3.